The molecule has 1 aromatic heterocycles. The second-order valence-electron chi connectivity index (χ2n) is 6.29. The van der Waals surface area contributed by atoms with Crippen LogP contribution < -0.4 is 5.32 Å². The summed E-state index contributed by atoms with van der Waals surface area (Å²) in [6.45, 7) is 1.62. The van der Waals surface area contributed by atoms with E-state index in [2.05, 4.69) is 10.3 Å². The zero-order chi connectivity index (χ0) is 21.0. The number of amides is 1. The number of nitrogens with one attached hydrogen (secondary N) is 1. The molecule has 1 aromatic carbocycles. The molecule has 0 spiro atoms. The Morgan fingerprint density at radius 1 is 1.31 bits per heavy atom. The van der Waals surface area contributed by atoms with Gasteiger partial charge in [-0.25, -0.2) is 14.2 Å². The van der Waals surface area contributed by atoms with Gasteiger partial charge in [0, 0.05) is 12.4 Å². The minimum Gasteiger partial charge on any atom is -0.478 e. The molecule has 6 nitrogen and oxygen atoms in total. The summed E-state index contributed by atoms with van der Waals surface area (Å²) >= 11 is 1.10. The lowest BCUT2D eigenvalue weighted by Crippen LogP contribution is -2.26. The van der Waals surface area contributed by atoms with Crippen molar-refractivity contribution in [1.29, 1.82) is 0 Å². The number of anilines is 1. The van der Waals surface area contributed by atoms with Crippen LogP contribution in [0.15, 0.2) is 52.6 Å². The molecule has 3 rings (SSSR count). The topological polar surface area (TPSA) is 88.0 Å². The van der Waals surface area contributed by atoms with Gasteiger partial charge in [0.15, 0.2) is 0 Å². The highest BCUT2D eigenvalue weighted by Gasteiger charge is 2.24. The molecule has 1 aliphatic rings. The zero-order valence-electron chi connectivity index (χ0n) is 15.9. The van der Waals surface area contributed by atoms with Crippen LogP contribution in [0.5, 0.6) is 0 Å². The first-order valence-corrected chi connectivity index (χ1v) is 9.72. The van der Waals surface area contributed by atoms with E-state index in [-0.39, 0.29) is 17.1 Å². The largest absolute Gasteiger partial charge is 0.478 e. The third kappa shape index (κ3) is 4.60. The Balaban J connectivity index is 1.87. The van der Waals surface area contributed by atoms with Crippen LogP contribution in [0, 0.1) is 12.7 Å². The Morgan fingerprint density at radius 3 is 2.72 bits per heavy atom. The Bertz CT molecular complexity index is 1050. The summed E-state index contributed by atoms with van der Waals surface area (Å²) in [6.07, 6.45) is 7.22. The van der Waals surface area contributed by atoms with Crippen LogP contribution in [0.25, 0.3) is 10.4 Å². The average Bonchev–Trinajstić information content (AvgIpc) is 3.12. The number of aliphatic imine (C=N–C) groups is 1. The fraction of sp³-hybridized carbons (Fsp3) is 0.190. The zero-order valence-corrected chi connectivity index (χ0v) is 16.7. The van der Waals surface area contributed by atoms with Crippen molar-refractivity contribution in [2.24, 2.45) is 4.99 Å². The number of carbonyl (C=O) groups excluding carboxylic acids is 1. The maximum atomic E-state index is 13.9. The Labute approximate surface area is 171 Å². The van der Waals surface area contributed by atoms with Gasteiger partial charge in [0.2, 0.25) is 0 Å². The van der Waals surface area contributed by atoms with Crippen molar-refractivity contribution in [3.8, 4) is 10.4 Å². The van der Waals surface area contributed by atoms with E-state index >= 15 is 0 Å². The number of hydrogen-bond acceptors (Lipinski definition) is 5. The first kappa shape index (κ1) is 20.5. The summed E-state index contributed by atoms with van der Waals surface area (Å²) in [5.41, 5.74) is 0.872. The van der Waals surface area contributed by atoms with E-state index in [9.17, 15) is 19.1 Å². The van der Waals surface area contributed by atoms with Gasteiger partial charge in [-0.2, -0.15) is 0 Å². The number of ether oxygens (including phenoxy) is 1. The van der Waals surface area contributed by atoms with Crippen molar-refractivity contribution in [2.75, 3.05) is 12.4 Å². The van der Waals surface area contributed by atoms with Crippen LogP contribution in [0.2, 0.25) is 0 Å². The quantitative estimate of drug-likeness (QED) is 0.557. The normalized spacial score (nSPS) is 13.8. The highest BCUT2D eigenvalue weighted by Crippen LogP contribution is 2.36. The molecule has 150 valence electrons. The number of nitrogens with zero attached hydrogens (tertiary/aromatic N) is 1. The number of hydrogen-bond donors (Lipinski definition) is 2. The molecular formula is C21H19FN2O4S. The first-order chi connectivity index (χ1) is 13.9. The fourth-order valence-corrected chi connectivity index (χ4v) is 3.75. The number of benzene rings is 1. The number of aryl methyl sites for hydroxylation is 1. The summed E-state index contributed by atoms with van der Waals surface area (Å²) in [6, 6.07) is 4.50. The molecule has 1 heterocycles. The molecule has 0 radical (unpaired) electrons. The summed E-state index contributed by atoms with van der Waals surface area (Å²) in [5, 5.41) is 13.7. The lowest BCUT2D eigenvalue weighted by molar-refractivity contribution is -0.111. The molecule has 1 amide bonds. The molecular weight excluding hydrogens is 395 g/mol. The number of carbonyl (C=O) groups is 2. The van der Waals surface area contributed by atoms with Crippen molar-refractivity contribution < 1.29 is 23.8 Å². The lowest BCUT2D eigenvalue weighted by Gasteiger charge is -2.11. The van der Waals surface area contributed by atoms with E-state index < -0.39 is 17.7 Å². The van der Waals surface area contributed by atoms with Crippen LogP contribution in [0.1, 0.15) is 28.8 Å². The van der Waals surface area contributed by atoms with Crippen LogP contribution in [0.3, 0.4) is 0 Å². The second-order valence-corrected chi connectivity index (χ2v) is 7.17. The van der Waals surface area contributed by atoms with Gasteiger partial charge in [-0.3, -0.25) is 4.79 Å². The maximum absolute atomic E-state index is 13.9. The lowest BCUT2D eigenvalue weighted by atomic mass is 10.1. The van der Waals surface area contributed by atoms with Crippen molar-refractivity contribution in [3.05, 3.63) is 64.5 Å². The number of thiophene rings is 1. The molecule has 0 aliphatic heterocycles. The highest BCUT2D eigenvalue weighted by atomic mass is 32.1. The van der Waals surface area contributed by atoms with Gasteiger partial charge in [-0.1, -0.05) is 18.2 Å². The monoisotopic (exact) mass is 414 g/mol. The molecule has 0 atom stereocenters. The molecule has 0 bridgehead atoms. The van der Waals surface area contributed by atoms with Gasteiger partial charge < -0.3 is 15.2 Å². The van der Waals surface area contributed by atoms with E-state index in [1.807, 2.05) is 12.2 Å². The van der Waals surface area contributed by atoms with E-state index in [1.54, 1.807) is 25.1 Å². The van der Waals surface area contributed by atoms with Gasteiger partial charge in [0.25, 0.3) is 5.90 Å². The van der Waals surface area contributed by atoms with E-state index in [4.69, 9.17) is 4.74 Å². The second kappa shape index (κ2) is 8.83. The predicted molar refractivity (Wildman–Crippen MR) is 111 cm³/mol. The third-order valence-corrected chi connectivity index (χ3v) is 5.29. The van der Waals surface area contributed by atoms with Crippen LogP contribution in [0.4, 0.5) is 10.1 Å². The van der Waals surface area contributed by atoms with Gasteiger partial charge in [0.1, 0.15) is 17.1 Å². The van der Waals surface area contributed by atoms with Crippen molar-refractivity contribution in [2.45, 2.75) is 19.8 Å². The highest BCUT2D eigenvalue weighted by molar-refractivity contribution is 7.14. The summed E-state index contributed by atoms with van der Waals surface area (Å²) in [5.74, 6) is -2.01. The average molecular weight is 414 g/mol. The van der Waals surface area contributed by atoms with Crippen LogP contribution >= 0.6 is 11.3 Å². The first-order valence-electron chi connectivity index (χ1n) is 8.84. The van der Waals surface area contributed by atoms with Crippen molar-refractivity contribution in [3.63, 3.8) is 0 Å². The Hall–Kier alpha value is -3.26. The van der Waals surface area contributed by atoms with Crippen molar-refractivity contribution in [1.82, 2.24) is 0 Å². The van der Waals surface area contributed by atoms with Crippen LogP contribution in [-0.4, -0.2) is 29.9 Å². The Morgan fingerprint density at radius 2 is 2.10 bits per heavy atom. The molecule has 0 fully saturated rings. The van der Waals surface area contributed by atoms with E-state index in [0.717, 1.165) is 24.2 Å². The number of allylic oxidation sites excluding steroid dienone is 3. The minimum absolute atomic E-state index is 0.0985. The summed E-state index contributed by atoms with van der Waals surface area (Å²) < 4.78 is 19.4. The molecule has 2 N–H and O–H groups in total. The smallest absolute Gasteiger partial charge is 0.339 e. The molecule has 8 heteroatoms. The Kier molecular flexibility index (Phi) is 6.23. The van der Waals surface area contributed by atoms with Gasteiger partial charge in [0.05, 0.1) is 10.6 Å². The maximum Gasteiger partial charge on any atom is 0.339 e. The molecule has 0 unspecified atom stereocenters. The molecule has 1 aliphatic carbocycles. The molecule has 0 saturated carbocycles. The van der Waals surface area contributed by atoms with Crippen molar-refractivity contribution >= 4 is 34.8 Å². The summed E-state index contributed by atoms with van der Waals surface area (Å²) in [7, 11) is 1.41. The van der Waals surface area contributed by atoms with E-state index in [0.29, 0.717) is 21.8 Å². The molecule has 0 saturated heterocycles. The van der Waals surface area contributed by atoms with E-state index in [1.165, 1.54) is 18.5 Å². The molecule has 2 aromatic rings. The number of carboxylic acid groups (broad SMARTS) is 1. The number of halogens is 1. The minimum atomic E-state index is -1.23. The third-order valence-electron chi connectivity index (χ3n) is 4.26. The van der Waals surface area contributed by atoms with Crippen LogP contribution in [-0.2, 0) is 9.53 Å². The fourth-order valence-electron chi connectivity index (χ4n) is 2.75. The number of aromatic carboxylic acids is 1. The predicted octanol–water partition coefficient (Wildman–Crippen LogP) is 4.78. The number of carboxylic acids is 1. The van der Waals surface area contributed by atoms with Gasteiger partial charge >= 0.3 is 11.9 Å². The summed E-state index contributed by atoms with van der Waals surface area (Å²) in [4.78, 5) is 28.6. The standard InChI is InChI=1S/C21H19FN2O4S/c1-12-8-9-13(10-15(12)22)18-17(21(26)27)16(11-29-18)24-19(25)20(23-2)28-14-6-4-3-5-7-14/h4,6-11H,3,5H2,1-2H3,(H,24,25)(H,26,27). The number of rotatable bonds is 4. The van der Waals surface area contributed by atoms with Gasteiger partial charge in [-0.05, 0) is 49.1 Å². The SMILES string of the molecule is CN=C(OC1=CCCC=C1)C(=O)Nc1csc(-c2ccc(C)c(F)c2)c1C(=O)O. The van der Waals surface area contributed by atoms with Gasteiger partial charge in [-0.15, -0.1) is 11.3 Å². The molecule has 29 heavy (non-hydrogen) atoms.